The third-order valence-electron chi connectivity index (χ3n) is 3.74. The molecular weight excluding hydrogens is 453 g/mol. The summed E-state index contributed by atoms with van der Waals surface area (Å²) in [7, 11) is -1.44. The second-order valence-corrected chi connectivity index (χ2v) is 13.6. The summed E-state index contributed by atoms with van der Waals surface area (Å²) in [5.41, 5.74) is -0.961. The van der Waals surface area contributed by atoms with Crippen LogP contribution in [0.1, 0.15) is 5.69 Å². The number of nitrogens with zero attached hydrogens (tertiary/aromatic N) is 3. The van der Waals surface area contributed by atoms with E-state index in [-0.39, 0.29) is 12.4 Å². The summed E-state index contributed by atoms with van der Waals surface area (Å²) in [5, 5.41) is 0. The fourth-order valence-corrected chi connectivity index (χ4v) is 3.17. The molecule has 4 nitrogen and oxygen atoms in total. The fourth-order valence-electron chi connectivity index (χ4n) is 2.17. The third kappa shape index (κ3) is 5.35. The van der Waals surface area contributed by atoms with Gasteiger partial charge in [-0.1, -0.05) is 19.6 Å². The maximum atomic E-state index is 14.0. The number of halogens is 6. The van der Waals surface area contributed by atoms with Gasteiger partial charge < -0.3 is 4.74 Å². The molecule has 0 unspecified atom stereocenters. The maximum absolute atomic E-state index is 14.0. The molecule has 11 heteroatoms. The molecular formula is C16H19BrF5N3OSi. The molecule has 0 atom stereocenters. The summed E-state index contributed by atoms with van der Waals surface area (Å²) in [6.45, 7) is 6.13. The molecule has 2 aromatic heterocycles. The Labute approximate surface area is 162 Å². The van der Waals surface area contributed by atoms with Gasteiger partial charge >= 0.3 is 12.1 Å². The number of ether oxygens (including phenoxy) is 1. The summed E-state index contributed by atoms with van der Waals surface area (Å²) < 4.78 is 73.2. The molecule has 0 N–H and O–H groups in total. The van der Waals surface area contributed by atoms with E-state index in [2.05, 4.69) is 45.5 Å². The summed E-state index contributed by atoms with van der Waals surface area (Å²) in [6.07, 6.45) is -3.87. The summed E-state index contributed by atoms with van der Waals surface area (Å²) >= 11 is 3.14. The molecule has 0 aliphatic rings. The van der Waals surface area contributed by atoms with Crippen molar-refractivity contribution >= 4 is 24.0 Å². The molecule has 27 heavy (non-hydrogen) atoms. The van der Waals surface area contributed by atoms with E-state index in [1.807, 2.05) is 0 Å². The van der Waals surface area contributed by atoms with E-state index in [1.54, 1.807) is 6.07 Å². The molecule has 0 radical (unpaired) electrons. The monoisotopic (exact) mass is 471 g/mol. The highest BCUT2D eigenvalue weighted by Crippen LogP contribution is 2.44. The van der Waals surface area contributed by atoms with Crippen molar-refractivity contribution in [2.24, 2.45) is 0 Å². The van der Waals surface area contributed by atoms with Crippen LogP contribution in [-0.4, -0.2) is 35.4 Å². The van der Waals surface area contributed by atoms with Crippen molar-refractivity contribution in [3.05, 3.63) is 34.8 Å². The quantitative estimate of drug-likeness (QED) is 0.226. The Kier molecular flexibility index (Phi) is 6.47. The van der Waals surface area contributed by atoms with Crippen LogP contribution in [0.25, 0.3) is 11.4 Å². The van der Waals surface area contributed by atoms with Gasteiger partial charge in [0.25, 0.3) is 0 Å². The van der Waals surface area contributed by atoms with E-state index in [4.69, 9.17) is 4.74 Å². The van der Waals surface area contributed by atoms with E-state index in [1.165, 1.54) is 12.3 Å². The highest BCUT2D eigenvalue weighted by atomic mass is 79.9. The number of imidazole rings is 1. The van der Waals surface area contributed by atoms with Crippen LogP contribution < -0.4 is 0 Å². The molecule has 0 saturated carbocycles. The van der Waals surface area contributed by atoms with E-state index < -0.39 is 32.6 Å². The largest absolute Gasteiger partial charge is 0.459 e. The van der Waals surface area contributed by atoms with Crippen LogP contribution in [0.15, 0.2) is 29.1 Å². The van der Waals surface area contributed by atoms with Gasteiger partial charge in [0, 0.05) is 26.4 Å². The van der Waals surface area contributed by atoms with Crippen LogP contribution in [-0.2, 0) is 17.4 Å². The van der Waals surface area contributed by atoms with Crippen LogP contribution in [0.5, 0.6) is 0 Å². The minimum absolute atomic E-state index is 0.0677. The lowest BCUT2D eigenvalue weighted by molar-refractivity contribution is -0.292. The standard InChI is InChI=1S/C16H19BrF5N3OSi/c1-27(2,3)7-6-26-10-25-12(15(18,19)16(20,21)22)9-24-14(25)11-4-5-13(17)23-8-11/h4-5,8-9H,6-7,10H2,1-3H3. The minimum atomic E-state index is -5.74. The molecule has 0 fully saturated rings. The summed E-state index contributed by atoms with van der Waals surface area (Å²) in [4.78, 5) is 7.74. The topological polar surface area (TPSA) is 39.9 Å². The Morgan fingerprint density at radius 1 is 1.07 bits per heavy atom. The summed E-state index contributed by atoms with van der Waals surface area (Å²) in [5.74, 6) is -5.12. The SMILES string of the molecule is C[Si](C)(C)CCOCn1c(C(F)(F)C(F)(F)F)cnc1-c1ccc(Br)nc1. The zero-order chi connectivity index (χ0) is 20.5. The Morgan fingerprint density at radius 3 is 2.26 bits per heavy atom. The Bertz CT molecular complexity index is 772. The molecule has 0 spiro atoms. The lowest BCUT2D eigenvalue weighted by Crippen LogP contribution is -2.36. The zero-order valence-corrected chi connectivity index (χ0v) is 17.5. The normalized spacial score (nSPS) is 13.2. The smallest absolute Gasteiger partial charge is 0.361 e. The molecule has 2 rings (SSSR count). The number of pyridine rings is 1. The molecule has 0 aliphatic carbocycles. The van der Waals surface area contributed by atoms with Crippen LogP contribution in [0.4, 0.5) is 22.0 Å². The second kappa shape index (κ2) is 7.96. The first kappa shape index (κ1) is 22.0. The van der Waals surface area contributed by atoms with E-state index in [0.29, 0.717) is 16.4 Å². The van der Waals surface area contributed by atoms with Crippen molar-refractivity contribution in [1.82, 2.24) is 14.5 Å². The predicted octanol–water partition coefficient (Wildman–Crippen LogP) is 5.67. The average molecular weight is 472 g/mol. The van der Waals surface area contributed by atoms with Gasteiger partial charge in [-0.05, 0) is 34.1 Å². The molecule has 0 aromatic carbocycles. The number of alkyl halides is 5. The first-order valence-electron chi connectivity index (χ1n) is 8.03. The highest BCUT2D eigenvalue weighted by Gasteiger charge is 2.60. The van der Waals surface area contributed by atoms with Crippen molar-refractivity contribution < 1.29 is 26.7 Å². The number of aromatic nitrogens is 3. The van der Waals surface area contributed by atoms with Crippen molar-refractivity contribution in [2.75, 3.05) is 6.61 Å². The average Bonchev–Trinajstić information content (AvgIpc) is 2.95. The van der Waals surface area contributed by atoms with Gasteiger partial charge in [0.05, 0.1) is 6.20 Å². The molecule has 0 aliphatic heterocycles. The Balaban J connectivity index is 2.38. The number of hydrogen-bond donors (Lipinski definition) is 0. The second-order valence-electron chi connectivity index (χ2n) is 7.18. The van der Waals surface area contributed by atoms with Crippen LogP contribution >= 0.6 is 15.9 Å². The number of rotatable bonds is 7. The molecule has 150 valence electrons. The van der Waals surface area contributed by atoms with Gasteiger partial charge in [0.15, 0.2) is 0 Å². The Hall–Kier alpha value is -1.33. The summed E-state index contributed by atoms with van der Waals surface area (Å²) in [6, 6.07) is 3.82. The van der Waals surface area contributed by atoms with E-state index >= 15 is 0 Å². The Morgan fingerprint density at radius 2 is 1.74 bits per heavy atom. The van der Waals surface area contributed by atoms with E-state index in [0.717, 1.165) is 10.6 Å². The molecule has 0 amide bonds. The lowest BCUT2D eigenvalue weighted by Gasteiger charge is -2.22. The van der Waals surface area contributed by atoms with Crippen molar-refractivity contribution in [3.63, 3.8) is 0 Å². The maximum Gasteiger partial charge on any atom is 0.459 e. The molecule has 2 aromatic rings. The fraction of sp³-hybridized carbons (Fsp3) is 0.500. The minimum Gasteiger partial charge on any atom is -0.361 e. The van der Waals surface area contributed by atoms with Gasteiger partial charge in [0.2, 0.25) is 0 Å². The van der Waals surface area contributed by atoms with Crippen molar-refractivity contribution in [3.8, 4) is 11.4 Å². The zero-order valence-electron chi connectivity index (χ0n) is 14.9. The van der Waals surface area contributed by atoms with Crippen LogP contribution in [0, 0.1) is 0 Å². The van der Waals surface area contributed by atoms with E-state index in [9.17, 15) is 22.0 Å². The van der Waals surface area contributed by atoms with Crippen molar-refractivity contribution in [2.45, 2.75) is 44.5 Å². The van der Waals surface area contributed by atoms with Crippen LogP contribution in [0.2, 0.25) is 25.7 Å². The predicted molar refractivity (Wildman–Crippen MR) is 97.2 cm³/mol. The molecule has 0 bridgehead atoms. The first-order chi connectivity index (χ1) is 12.3. The lowest BCUT2D eigenvalue weighted by atomic mass is 10.2. The van der Waals surface area contributed by atoms with Gasteiger partial charge in [-0.25, -0.2) is 9.97 Å². The van der Waals surface area contributed by atoms with Crippen LogP contribution in [0.3, 0.4) is 0 Å². The third-order valence-corrected chi connectivity index (χ3v) is 5.91. The highest BCUT2D eigenvalue weighted by molar-refractivity contribution is 9.10. The van der Waals surface area contributed by atoms with Crippen molar-refractivity contribution in [1.29, 1.82) is 0 Å². The number of hydrogen-bond acceptors (Lipinski definition) is 3. The van der Waals surface area contributed by atoms with Gasteiger partial charge in [-0.3, -0.25) is 4.57 Å². The molecule has 2 heterocycles. The van der Waals surface area contributed by atoms with Gasteiger partial charge in [-0.15, -0.1) is 0 Å². The van der Waals surface area contributed by atoms with Gasteiger partial charge in [0.1, 0.15) is 22.9 Å². The molecule has 0 saturated heterocycles. The first-order valence-corrected chi connectivity index (χ1v) is 12.5. The van der Waals surface area contributed by atoms with Gasteiger partial charge in [-0.2, -0.15) is 22.0 Å².